The van der Waals surface area contributed by atoms with Gasteiger partial charge in [0.1, 0.15) is 0 Å². The minimum absolute atomic E-state index is 0.844. The highest BCUT2D eigenvalue weighted by Crippen LogP contribution is 2.18. The van der Waals surface area contributed by atoms with Crippen molar-refractivity contribution < 1.29 is 0 Å². The summed E-state index contributed by atoms with van der Waals surface area (Å²) in [5.41, 5.74) is 1.01. The maximum absolute atomic E-state index is 4.13. The van der Waals surface area contributed by atoms with Crippen LogP contribution in [-0.2, 0) is 0 Å². The first kappa shape index (κ1) is 10.6. The van der Waals surface area contributed by atoms with Crippen molar-refractivity contribution in [3.63, 3.8) is 0 Å². The number of thioether (sulfide) groups is 1. The molecule has 1 saturated heterocycles. The van der Waals surface area contributed by atoms with Crippen molar-refractivity contribution in [1.82, 2.24) is 20.2 Å². The molecule has 0 atom stereocenters. The average Bonchev–Trinajstić information content (AvgIpc) is 2.90. The number of rotatable bonds is 2. The van der Waals surface area contributed by atoms with E-state index in [4.69, 9.17) is 0 Å². The van der Waals surface area contributed by atoms with Crippen LogP contribution in [0.1, 0.15) is 0 Å². The van der Waals surface area contributed by atoms with E-state index >= 15 is 0 Å². The van der Waals surface area contributed by atoms with E-state index < -0.39 is 0 Å². The minimum atomic E-state index is 0.844. The smallest absolute Gasteiger partial charge is 0.250 e. The first-order valence-electron chi connectivity index (χ1n) is 5.61. The number of anilines is 1. The number of hydrogen-bond acceptors (Lipinski definition) is 5. The normalized spacial score (nSPS) is 16.1. The molecule has 0 bridgehead atoms. The van der Waals surface area contributed by atoms with Crippen LogP contribution in [0.2, 0.25) is 0 Å². The van der Waals surface area contributed by atoms with E-state index in [1.54, 1.807) is 4.68 Å². The summed E-state index contributed by atoms with van der Waals surface area (Å²) in [5, 5.41) is 12.0. The molecule has 0 aliphatic carbocycles. The van der Waals surface area contributed by atoms with Crippen LogP contribution < -0.4 is 4.90 Å². The highest BCUT2D eigenvalue weighted by Gasteiger charge is 2.18. The third-order valence-corrected chi connectivity index (χ3v) is 3.69. The fourth-order valence-corrected chi connectivity index (χ4v) is 2.78. The molecule has 3 rings (SSSR count). The fraction of sp³-hybridized carbons (Fsp3) is 0.364. The molecule has 17 heavy (non-hydrogen) atoms. The van der Waals surface area contributed by atoms with Crippen LogP contribution in [0.5, 0.6) is 0 Å². The summed E-state index contributed by atoms with van der Waals surface area (Å²) in [6, 6.07) is 10.0. The average molecular weight is 247 g/mol. The van der Waals surface area contributed by atoms with E-state index in [1.807, 2.05) is 42.1 Å². The van der Waals surface area contributed by atoms with Crippen LogP contribution >= 0.6 is 11.8 Å². The lowest BCUT2D eigenvalue weighted by atomic mass is 10.3. The SMILES string of the molecule is c1ccc(-n2nnnc2N2CCSCC2)cc1. The Kier molecular flexibility index (Phi) is 2.96. The van der Waals surface area contributed by atoms with Gasteiger partial charge in [0.25, 0.3) is 0 Å². The van der Waals surface area contributed by atoms with Gasteiger partial charge in [-0.2, -0.15) is 16.4 Å². The molecule has 1 aromatic heterocycles. The van der Waals surface area contributed by atoms with Crippen LogP contribution in [-0.4, -0.2) is 44.8 Å². The Labute approximate surface area is 104 Å². The zero-order valence-corrected chi connectivity index (χ0v) is 10.2. The molecule has 5 nitrogen and oxygen atoms in total. The lowest BCUT2D eigenvalue weighted by Gasteiger charge is -2.26. The van der Waals surface area contributed by atoms with Crippen molar-refractivity contribution in [3.05, 3.63) is 30.3 Å². The molecule has 1 fully saturated rings. The van der Waals surface area contributed by atoms with Gasteiger partial charge in [-0.15, -0.1) is 0 Å². The number of benzene rings is 1. The lowest BCUT2D eigenvalue weighted by Crippen LogP contribution is -2.34. The summed E-state index contributed by atoms with van der Waals surface area (Å²) in [6.07, 6.45) is 0. The van der Waals surface area contributed by atoms with Gasteiger partial charge in [-0.05, 0) is 22.6 Å². The zero-order chi connectivity index (χ0) is 11.5. The van der Waals surface area contributed by atoms with E-state index in [-0.39, 0.29) is 0 Å². The van der Waals surface area contributed by atoms with Gasteiger partial charge in [-0.1, -0.05) is 23.3 Å². The molecule has 1 aliphatic heterocycles. The van der Waals surface area contributed by atoms with E-state index in [0.717, 1.165) is 36.2 Å². The van der Waals surface area contributed by atoms with Gasteiger partial charge in [-0.3, -0.25) is 0 Å². The van der Waals surface area contributed by atoms with Crippen molar-refractivity contribution in [1.29, 1.82) is 0 Å². The Hall–Kier alpha value is -1.56. The number of hydrogen-bond donors (Lipinski definition) is 0. The van der Waals surface area contributed by atoms with Crippen LogP contribution in [0.15, 0.2) is 30.3 Å². The van der Waals surface area contributed by atoms with Crippen molar-refractivity contribution >= 4 is 17.7 Å². The molecule has 0 radical (unpaired) electrons. The Balaban J connectivity index is 1.93. The number of tetrazole rings is 1. The van der Waals surface area contributed by atoms with E-state index in [0.29, 0.717) is 0 Å². The summed E-state index contributed by atoms with van der Waals surface area (Å²) in [5.74, 6) is 3.13. The van der Waals surface area contributed by atoms with Crippen LogP contribution in [0.3, 0.4) is 0 Å². The lowest BCUT2D eigenvalue weighted by molar-refractivity contribution is 0.757. The molecular formula is C11H13N5S. The highest BCUT2D eigenvalue weighted by atomic mass is 32.2. The van der Waals surface area contributed by atoms with Crippen LogP contribution in [0.4, 0.5) is 5.95 Å². The summed E-state index contributed by atoms with van der Waals surface area (Å²) in [4.78, 5) is 2.24. The monoisotopic (exact) mass is 247 g/mol. The Bertz CT molecular complexity index is 478. The topological polar surface area (TPSA) is 46.8 Å². The standard InChI is InChI=1S/C11H13N5S/c1-2-4-10(5-3-1)16-11(12-13-14-16)15-6-8-17-9-7-15/h1-5H,6-9H2. The molecule has 88 valence electrons. The van der Waals surface area contributed by atoms with Crippen molar-refractivity contribution in [2.24, 2.45) is 0 Å². The van der Waals surface area contributed by atoms with Crippen molar-refractivity contribution in [2.45, 2.75) is 0 Å². The van der Waals surface area contributed by atoms with Gasteiger partial charge >= 0.3 is 0 Å². The number of nitrogens with zero attached hydrogens (tertiary/aromatic N) is 5. The molecule has 0 saturated carbocycles. The first-order valence-corrected chi connectivity index (χ1v) is 6.77. The zero-order valence-electron chi connectivity index (χ0n) is 9.36. The molecular weight excluding hydrogens is 234 g/mol. The van der Waals surface area contributed by atoms with Crippen LogP contribution in [0.25, 0.3) is 5.69 Å². The maximum Gasteiger partial charge on any atom is 0.250 e. The summed E-state index contributed by atoms with van der Waals surface area (Å²) >= 11 is 1.98. The molecule has 0 spiro atoms. The Morgan fingerprint density at radius 2 is 1.82 bits per heavy atom. The third-order valence-electron chi connectivity index (χ3n) is 2.75. The molecule has 1 aromatic carbocycles. The molecule has 6 heteroatoms. The molecule has 2 aromatic rings. The number of para-hydroxylation sites is 1. The van der Waals surface area contributed by atoms with Gasteiger partial charge in [0.05, 0.1) is 5.69 Å². The molecule has 2 heterocycles. The molecule has 0 amide bonds. The molecule has 1 aliphatic rings. The van der Waals surface area contributed by atoms with Gasteiger partial charge in [0.15, 0.2) is 0 Å². The predicted octanol–water partition coefficient (Wildman–Crippen LogP) is 1.22. The second-order valence-corrected chi connectivity index (χ2v) is 5.05. The maximum atomic E-state index is 4.13. The van der Waals surface area contributed by atoms with Crippen molar-refractivity contribution in [2.75, 3.05) is 29.5 Å². The first-order chi connectivity index (χ1) is 8.45. The van der Waals surface area contributed by atoms with Crippen LogP contribution in [0, 0.1) is 0 Å². The minimum Gasteiger partial charge on any atom is -0.338 e. The third kappa shape index (κ3) is 2.12. The van der Waals surface area contributed by atoms with Gasteiger partial charge in [-0.25, -0.2) is 0 Å². The molecule has 0 N–H and O–H groups in total. The van der Waals surface area contributed by atoms with Gasteiger partial charge in [0, 0.05) is 24.6 Å². The second-order valence-electron chi connectivity index (χ2n) is 3.83. The summed E-state index contributed by atoms with van der Waals surface area (Å²) < 4.78 is 1.80. The summed E-state index contributed by atoms with van der Waals surface area (Å²) in [6.45, 7) is 2.02. The largest absolute Gasteiger partial charge is 0.338 e. The van der Waals surface area contributed by atoms with Gasteiger partial charge < -0.3 is 4.90 Å². The number of aromatic nitrogens is 4. The fourth-order valence-electron chi connectivity index (χ4n) is 1.88. The quantitative estimate of drug-likeness (QED) is 0.798. The second kappa shape index (κ2) is 4.75. The molecule has 0 unspecified atom stereocenters. The predicted molar refractivity (Wildman–Crippen MR) is 68.7 cm³/mol. The van der Waals surface area contributed by atoms with Gasteiger partial charge in [0.2, 0.25) is 5.95 Å². The summed E-state index contributed by atoms with van der Waals surface area (Å²) in [7, 11) is 0. The van der Waals surface area contributed by atoms with Crippen molar-refractivity contribution in [3.8, 4) is 5.69 Å². The van der Waals surface area contributed by atoms with E-state index in [1.165, 1.54) is 0 Å². The van der Waals surface area contributed by atoms with E-state index in [2.05, 4.69) is 20.4 Å². The Morgan fingerprint density at radius 1 is 1.06 bits per heavy atom. The van der Waals surface area contributed by atoms with E-state index in [9.17, 15) is 0 Å². The Morgan fingerprint density at radius 3 is 2.59 bits per heavy atom. The highest BCUT2D eigenvalue weighted by molar-refractivity contribution is 7.99.